The van der Waals surface area contributed by atoms with Gasteiger partial charge in [-0.25, -0.2) is 0 Å². The maximum Gasteiger partial charge on any atom is 0.253 e. The Kier molecular flexibility index (Phi) is 15.4. The molecule has 14 heteroatoms. The highest BCUT2D eigenvalue weighted by Gasteiger charge is 2.34. The third-order valence-corrected chi connectivity index (χ3v) is 14.3. The molecule has 4 aromatic carbocycles. The van der Waals surface area contributed by atoms with Gasteiger partial charge in [-0.1, -0.05) is 24.3 Å². The topological polar surface area (TPSA) is 156 Å². The Balaban J connectivity index is 0.000000178. The molecule has 6 aromatic rings. The molecule has 0 aliphatic carbocycles. The molecule has 0 saturated carbocycles. The first-order valence-electron chi connectivity index (χ1n) is 24.5. The lowest BCUT2D eigenvalue weighted by Crippen LogP contribution is -2.40. The fourth-order valence-corrected chi connectivity index (χ4v) is 10.6. The van der Waals surface area contributed by atoms with Crippen LogP contribution in [0.1, 0.15) is 91.9 Å². The van der Waals surface area contributed by atoms with Gasteiger partial charge in [-0.2, -0.15) is 0 Å². The molecule has 2 atom stereocenters. The zero-order chi connectivity index (χ0) is 50.1. The van der Waals surface area contributed by atoms with Gasteiger partial charge in [0.1, 0.15) is 24.7 Å². The summed E-state index contributed by atoms with van der Waals surface area (Å²) in [5.74, 6) is 5.00. The Labute approximate surface area is 420 Å². The van der Waals surface area contributed by atoms with Crippen LogP contribution in [0, 0.1) is 11.8 Å². The van der Waals surface area contributed by atoms with E-state index >= 15 is 0 Å². The second kappa shape index (κ2) is 22.6. The predicted octanol–water partition coefficient (Wildman–Crippen LogP) is 8.57. The highest BCUT2D eigenvalue weighted by Crippen LogP contribution is 2.43. The zero-order valence-corrected chi connectivity index (χ0v) is 41.2. The van der Waals surface area contributed by atoms with Crippen LogP contribution in [0.2, 0.25) is 0 Å². The summed E-state index contributed by atoms with van der Waals surface area (Å²) in [5, 5.41) is 0. The van der Waals surface area contributed by atoms with Crippen molar-refractivity contribution in [3.8, 4) is 34.5 Å². The number of Topliss-reactive ketones (excluding diaryl/α,β-unsaturated/α-hetero) is 2. The lowest BCUT2D eigenvalue weighted by atomic mass is 9.77. The first-order valence-corrected chi connectivity index (χ1v) is 24.5. The van der Waals surface area contributed by atoms with Crippen molar-refractivity contribution in [3.05, 3.63) is 166 Å². The van der Waals surface area contributed by atoms with Crippen molar-refractivity contribution in [1.82, 2.24) is 19.8 Å². The Morgan fingerprint density at radius 2 is 0.917 bits per heavy atom. The van der Waals surface area contributed by atoms with Crippen molar-refractivity contribution in [2.75, 3.05) is 67.8 Å². The molecular weight excluding hydrogens is 913 g/mol. The van der Waals surface area contributed by atoms with Crippen LogP contribution in [0.4, 0.5) is 0 Å². The number of nitrogens with zero attached hydrogens (tertiary/aromatic N) is 4. The average Bonchev–Trinajstić information content (AvgIpc) is 3.43. The van der Waals surface area contributed by atoms with Gasteiger partial charge in [0.05, 0.1) is 28.4 Å². The predicted molar refractivity (Wildman–Crippen MR) is 270 cm³/mol. The number of carbonyl (C=O) groups excluding carboxylic acids is 4. The molecule has 2 aromatic heterocycles. The van der Waals surface area contributed by atoms with Gasteiger partial charge in [-0.3, -0.25) is 29.1 Å². The Hall–Kier alpha value is -7.74. The minimum atomic E-state index is -0.00484. The number of hydrogen-bond acceptors (Lipinski definition) is 12. The number of piperidine rings is 2. The molecule has 4 aliphatic rings. The summed E-state index contributed by atoms with van der Waals surface area (Å²) in [6.07, 6.45) is 7.70. The number of carbonyl (C=O) groups is 4. The molecule has 0 radical (unpaired) electrons. The number of benzene rings is 4. The SMILES string of the molecule is COc1ccc([C@@H](c2ccccn2)C2CCN(C(=O)c3ccc4c(c3)CC(=O)CO4)CC2)cc1OC.COc1ccc([C@H](c2ccccn2)C2CCN(C(=O)c3ccc4c(c3)CC(=O)CO4)CC2)cc1OC. The molecule has 372 valence electrons. The van der Waals surface area contributed by atoms with Gasteiger partial charge >= 0.3 is 0 Å². The van der Waals surface area contributed by atoms with Gasteiger partial charge in [0.15, 0.2) is 34.6 Å². The molecule has 14 nitrogen and oxygen atoms in total. The molecule has 0 spiro atoms. The first-order chi connectivity index (χ1) is 35.1. The van der Waals surface area contributed by atoms with Crippen LogP contribution >= 0.6 is 0 Å². The van der Waals surface area contributed by atoms with Crippen LogP contribution in [0.3, 0.4) is 0 Å². The number of amides is 2. The highest BCUT2D eigenvalue weighted by atomic mass is 16.5. The number of hydrogen-bond donors (Lipinski definition) is 0. The molecule has 2 fully saturated rings. The lowest BCUT2D eigenvalue weighted by molar-refractivity contribution is -0.122. The molecule has 0 N–H and O–H groups in total. The maximum atomic E-state index is 13.3. The minimum Gasteiger partial charge on any atom is -0.493 e. The lowest BCUT2D eigenvalue weighted by Gasteiger charge is -2.36. The van der Waals surface area contributed by atoms with Gasteiger partial charge in [-0.15, -0.1) is 0 Å². The molecule has 0 bridgehead atoms. The van der Waals surface area contributed by atoms with Crippen LogP contribution in [-0.4, -0.2) is 111 Å². The minimum absolute atomic E-state index is 0.00484. The number of ether oxygens (including phenoxy) is 6. The van der Waals surface area contributed by atoms with E-state index in [1.54, 1.807) is 64.8 Å². The van der Waals surface area contributed by atoms with Crippen molar-refractivity contribution in [2.45, 2.75) is 50.4 Å². The summed E-state index contributed by atoms with van der Waals surface area (Å²) >= 11 is 0. The molecule has 4 aliphatic heterocycles. The van der Waals surface area contributed by atoms with Gasteiger partial charge in [-0.05, 0) is 134 Å². The van der Waals surface area contributed by atoms with E-state index in [0.29, 0.717) is 96.5 Å². The number of aromatic nitrogens is 2. The summed E-state index contributed by atoms with van der Waals surface area (Å²) < 4.78 is 32.9. The van der Waals surface area contributed by atoms with Crippen molar-refractivity contribution >= 4 is 23.4 Å². The van der Waals surface area contributed by atoms with Crippen molar-refractivity contribution in [1.29, 1.82) is 0 Å². The zero-order valence-electron chi connectivity index (χ0n) is 41.2. The van der Waals surface area contributed by atoms with Crippen LogP contribution in [0.5, 0.6) is 34.5 Å². The van der Waals surface area contributed by atoms with E-state index in [2.05, 4.69) is 34.2 Å². The Morgan fingerprint density at radius 1 is 0.514 bits per heavy atom. The summed E-state index contributed by atoms with van der Waals surface area (Å²) in [7, 11) is 6.55. The van der Waals surface area contributed by atoms with Crippen LogP contribution in [0.15, 0.2) is 122 Å². The second-order valence-electron chi connectivity index (χ2n) is 18.6. The summed E-state index contributed by atoms with van der Waals surface area (Å²) in [5.41, 5.74) is 7.04. The van der Waals surface area contributed by atoms with Crippen molar-refractivity contribution < 1.29 is 47.6 Å². The number of methoxy groups -OCH3 is 4. The normalized spacial score (nSPS) is 16.6. The molecular formula is C58H60N4O10. The van der Waals surface area contributed by atoms with E-state index in [0.717, 1.165) is 59.3 Å². The largest absolute Gasteiger partial charge is 0.493 e. The van der Waals surface area contributed by atoms with Gasteiger partial charge in [0, 0.05) is 96.9 Å². The number of ketones is 2. The third-order valence-electron chi connectivity index (χ3n) is 14.3. The number of likely N-dealkylation sites (tertiary alicyclic amines) is 2. The van der Waals surface area contributed by atoms with Crippen molar-refractivity contribution in [3.63, 3.8) is 0 Å². The van der Waals surface area contributed by atoms with Gasteiger partial charge in [0.2, 0.25) is 0 Å². The number of pyridine rings is 2. The van der Waals surface area contributed by atoms with E-state index in [1.165, 1.54) is 0 Å². The van der Waals surface area contributed by atoms with Gasteiger partial charge < -0.3 is 38.2 Å². The standard InChI is InChI=1S/2C29H30N2O5/c2*1-34-26-9-6-20(17-27(26)35-2)28(24-5-3-4-12-30-24)19-10-13-31(14-11-19)29(33)21-7-8-25-22(15-21)16-23(32)18-36-25/h2*3-9,12,15,17,19,28H,10-11,13-14,16,18H2,1-2H3/t2*28-/m10/s1. The van der Waals surface area contributed by atoms with E-state index in [9.17, 15) is 19.2 Å². The fourth-order valence-electron chi connectivity index (χ4n) is 10.6. The fraction of sp³-hybridized carbons (Fsp3) is 0.345. The molecule has 6 heterocycles. The Bertz CT molecular complexity index is 2700. The quantitative estimate of drug-likeness (QED) is 0.115. The smallest absolute Gasteiger partial charge is 0.253 e. The van der Waals surface area contributed by atoms with E-state index < -0.39 is 0 Å². The second-order valence-corrected chi connectivity index (χ2v) is 18.6. The molecule has 0 unspecified atom stereocenters. The van der Waals surface area contributed by atoms with Crippen molar-refractivity contribution in [2.24, 2.45) is 11.8 Å². The molecule has 72 heavy (non-hydrogen) atoms. The summed E-state index contributed by atoms with van der Waals surface area (Å²) in [4.78, 5) is 63.3. The number of rotatable bonds is 12. The highest BCUT2D eigenvalue weighted by molar-refractivity contribution is 5.96. The molecule has 2 saturated heterocycles. The summed E-state index contributed by atoms with van der Waals surface area (Å²) in [6.45, 7) is 2.84. The van der Waals surface area contributed by atoms with E-state index in [4.69, 9.17) is 28.4 Å². The van der Waals surface area contributed by atoms with Crippen LogP contribution in [0.25, 0.3) is 0 Å². The summed E-state index contributed by atoms with van der Waals surface area (Å²) in [6, 6.07) is 34.9. The van der Waals surface area contributed by atoms with Gasteiger partial charge in [0.25, 0.3) is 11.8 Å². The maximum absolute atomic E-state index is 13.3. The average molecular weight is 973 g/mol. The van der Waals surface area contributed by atoms with Crippen LogP contribution < -0.4 is 28.4 Å². The van der Waals surface area contributed by atoms with E-state index in [-0.39, 0.29) is 48.4 Å². The Morgan fingerprint density at radius 3 is 1.28 bits per heavy atom. The molecule has 2 amide bonds. The van der Waals surface area contributed by atoms with Crippen LogP contribution in [-0.2, 0) is 22.4 Å². The monoisotopic (exact) mass is 972 g/mol. The number of fused-ring (bicyclic) bond motifs is 2. The molecule has 10 rings (SSSR count). The third kappa shape index (κ3) is 10.9. The van der Waals surface area contributed by atoms with E-state index in [1.807, 2.05) is 70.7 Å². The first kappa shape index (κ1) is 49.2.